The van der Waals surface area contributed by atoms with Crippen LogP contribution in [-0.4, -0.2) is 15.8 Å². The first-order valence-electron chi connectivity index (χ1n) is 5.93. The highest BCUT2D eigenvalue weighted by Crippen LogP contribution is 2.26. The number of benzene rings is 1. The zero-order chi connectivity index (χ0) is 11.7. The molecule has 0 radical (unpaired) electrons. The maximum Gasteiger partial charge on any atom is 0.140 e. The Labute approximate surface area is 100 Å². The van der Waals surface area contributed by atoms with Crippen molar-refractivity contribution in [3.05, 3.63) is 42.2 Å². The van der Waals surface area contributed by atoms with Crippen LogP contribution in [0.2, 0.25) is 0 Å². The van der Waals surface area contributed by atoms with Crippen molar-refractivity contribution < 1.29 is 4.79 Å². The Kier molecular flexibility index (Phi) is 2.52. The van der Waals surface area contributed by atoms with Crippen LogP contribution in [0.25, 0.3) is 11.4 Å². The summed E-state index contributed by atoms with van der Waals surface area (Å²) in [6.07, 6.45) is 4.71. The van der Waals surface area contributed by atoms with Crippen molar-refractivity contribution >= 4 is 6.29 Å². The molecule has 3 heteroatoms. The van der Waals surface area contributed by atoms with Gasteiger partial charge in [-0.1, -0.05) is 30.3 Å². The summed E-state index contributed by atoms with van der Waals surface area (Å²) in [5, 5.41) is 0. The first-order chi connectivity index (χ1) is 8.38. The van der Waals surface area contributed by atoms with E-state index in [1.54, 1.807) is 0 Å². The zero-order valence-corrected chi connectivity index (χ0v) is 9.54. The number of hydrogen-bond acceptors (Lipinski definition) is 2. The molecule has 1 aromatic carbocycles. The molecule has 1 unspecified atom stereocenters. The lowest BCUT2D eigenvalue weighted by Crippen LogP contribution is -2.20. The molecule has 0 saturated heterocycles. The molecule has 0 fully saturated rings. The minimum Gasteiger partial charge on any atom is -0.328 e. The van der Waals surface area contributed by atoms with E-state index in [0.717, 1.165) is 37.1 Å². The topological polar surface area (TPSA) is 34.9 Å². The summed E-state index contributed by atoms with van der Waals surface area (Å²) in [6, 6.07) is 10.2. The van der Waals surface area contributed by atoms with Crippen molar-refractivity contribution in [2.24, 2.45) is 5.92 Å². The fourth-order valence-corrected chi connectivity index (χ4v) is 2.42. The number of carbonyl (C=O) groups is 1. The van der Waals surface area contributed by atoms with Gasteiger partial charge in [-0.15, -0.1) is 0 Å². The number of carbonyl (C=O) groups excluding carboxylic acids is 1. The molecule has 2 aromatic rings. The van der Waals surface area contributed by atoms with Gasteiger partial charge >= 0.3 is 0 Å². The van der Waals surface area contributed by atoms with Gasteiger partial charge < -0.3 is 9.36 Å². The highest BCUT2D eigenvalue weighted by Gasteiger charge is 2.21. The van der Waals surface area contributed by atoms with E-state index in [2.05, 4.69) is 21.7 Å². The van der Waals surface area contributed by atoms with Gasteiger partial charge in [0.25, 0.3) is 0 Å². The number of fused-ring (bicyclic) bond motifs is 1. The molecule has 0 amide bonds. The molecule has 0 aliphatic carbocycles. The summed E-state index contributed by atoms with van der Waals surface area (Å²) in [6.45, 7) is 0.892. The van der Waals surface area contributed by atoms with Crippen molar-refractivity contribution in [1.29, 1.82) is 0 Å². The Morgan fingerprint density at radius 3 is 2.88 bits per heavy atom. The van der Waals surface area contributed by atoms with Gasteiger partial charge in [0, 0.05) is 29.9 Å². The molecular formula is C14H14N2O. The van der Waals surface area contributed by atoms with Crippen molar-refractivity contribution in [3.8, 4) is 11.4 Å². The number of rotatable bonds is 2. The van der Waals surface area contributed by atoms with E-state index in [1.807, 2.05) is 24.4 Å². The second kappa shape index (κ2) is 4.17. The van der Waals surface area contributed by atoms with Crippen LogP contribution >= 0.6 is 0 Å². The molecule has 1 aliphatic heterocycles. The molecule has 3 nitrogen and oxygen atoms in total. The summed E-state index contributed by atoms with van der Waals surface area (Å²) >= 11 is 0. The standard InChI is InChI=1S/C14H14N2O/c17-10-11-6-7-16-13(8-11)9-15-14(16)12-4-2-1-3-5-12/h1-5,9-11H,6-8H2. The number of hydrogen-bond donors (Lipinski definition) is 0. The van der Waals surface area contributed by atoms with Gasteiger partial charge in [-0.2, -0.15) is 0 Å². The fourth-order valence-electron chi connectivity index (χ4n) is 2.42. The number of imidazole rings is 1. The van der Waals surface area contributed by atoms with Gasteiger partial charge in [-0.05, 0) is 12.8 Å². The van der Waals surface area contributed by atoms with Crippen molar-refractivity contribution in [3.63, 3.8) is 0 Å². The predicted molar refractivity (Wildman–Crippen MR) is 65.5 cm³/mol. The van der Waals surface area contributed by atoms with Crippen LogP contribution in [-0.2, 0) is 17.8 Å². The van der Waals surface area contributed by atoms with Crippen LogP contribution in [0.1, 0.15) is 12.1 Å². The van der Waals surface area contributed by atoms with Gasteiger partial charge in [0.1, 0.15) is 12.1 Å². The quantitative estimate of drug-likeness (QED) is 0.736. The van der Waals surface area contributed by atoms with Crippen LogP contribution in [0.4, 0.5) is 0 Å². The largest absolute Gasteiger partial charge is 0.328 e. The molecule has 2 heterocycles. The van der Waals surface area contributed by atoms with E-state index >= 15 is 0 Å². The molecule has 86 valence electrons. The third kappa shape index (κ3) is 1.78. The lowest BCUT2D eigenvalue weighted by molar-refractivity contribution is -0.111. The van der Waals surface area contributed by atoms with Crippen LogP contribution < -0.4 is 0 Å². The second-order valence-electron chi connectivity index (χ2n) is 4.48. The van der Waals surface area contributed by atoms with Gasteiger partial charge in [0.05, 0.1) is 0 Å². The van der Waals surface area contributed by atoms with Crippen LogP contribution in [0.15, 0.2) is 36.5 Å². The van der Waals surface area contributed by atoms with Crippen molar-refractivity contribution in [2.45, 2.75) is 19.4 Å². The summed E-state index contributed by atoms with van der Waals surface area (Å²) in [7, 11) is 0. The molecule has 3 rings (SSSR count). The third-order valence-electron chi connectivity index (χ3n) is 3.36. The fraction of sp³-hybridized carbons (Fsp3) is 0.286. The van der Waals surface area contributed by atoms with E-state index in [1.165, 1.54) is 5.69 Å². The SMILES string of the molecule is O=CC1CCn2c(cnc2-c2ccccc2)C1. The Balaban J connectivity index is 2.00. The molecule has 1 atom stereocenters. The van der Waals surface area contributed by atoms with E-state index in [-0.39, 0.29) is 5.92 Å². The van der Waals surface area contributed by atoms with Gasteiger partial charge in [0.2, 0.25) is 0 Å². The zero-order valence-electron chi connectivity index (χ0n) is 9.54. The predicted octanol–water partition coefficient (Wildman–Crippen LogP) is 2.31. The molecule has 0 bridgehead atoms. The number of aldehydes is 1. The van der Waals surface area contributed by atoms with Gasteiger partial charge in [-0.25, -0.2) is 4.98 Å². The van der Waals surface area contributed by atoms with Gasteiger partial charge in [-0.3, -0.25) is 0 Å². The van der Waals surface area contributed by atoms with Crippen LogP contribution in [0.5, 0.6) is 0 Å². The summed E-state index contributed by atoms with van der Waals surface area (Å²) < 4.78 is 2.23. The normalized spacial score (nSPS) is 18.7. The highest BCUT2D eigenvalue weighted by atomic mass is 16.1. The average Bonchev–Trinajstić information content (AvgIpc) is 2.82. The second-order valence-corrected chi connectivity index (χ2v) is 4.48. The molecule has 1 aliphatic rings. The third-order valence-corrected chi connectivity index (χ3v) is 3.36. The van der Waals surface area contributed by atoms with Gasteiger partial charge in [0.15, 0.2) is 0 Å². The summed E-state index contributed by atoms with van der Waals surface area (Å²) in [5.74, 6) is 1.19. The maximum absolute atomic E-state index is 10.8. The van der Waals surface area contributed by atoms with E-state index in [4.69, 9.17) is 0 Å². The Morgan fingerprint density at radius 2 is 2.12 bits per heavy atom. The summed E-state index contributed by atoms with van der Waals surface area (Å²) in [5.41, 5.74) is 2.32. The Hall–Kier alpha value is -1.90. The molecule has 0 N–H and O–H groups in total. The Morgan fingerprint density at radius 1 is 1.29 bits per heavy atom. The average molecular weight is 226 g/mol. The lowest BCUT2D eigenvalue weighted by atomic mass is 9.98. The molecule has 0 saturated carbocycles. The monoisotopic (exact) mass is 226 g/mol. The summed E-state index contributed by atoms with van der Waals surface area (Å²) in [4.78, 5) is 15.3. The first kappa shape index (κ1) is 10.3. The van der Waals surface area contributed by atoms with E-state index < -0.39 is 0 Å². The molecule has 0 spiro atoms. The van der Waals surface area contributed by atoms with Crippen LogP contribution in [0, 0.1) is 5.92 Å². The highest BCUT2D eigenvalue weighted by molar-refractivity contribution is 5.58. The Bertz CT molecular complexity index is 530. The number of nitrogens with zero attached hydrogens (tertiary/aromatic N) is 2. The lowest BCUT2D eigenvalue weighted by Gasteiger charge is -2.21. The molecule has 17 heavy (non-hydrogen) atoms. The van der Waals surface area contributed by atoms with E-state index in [9.17, 15) is 4.79 Å². The van der Waals surface area contributed by atoms with Crippen molar-refractivity contribution in [1.82, 2.24) is 9.55 Å². The van der Waals surface area contributed by atoms with Crippen LogP contribution in [0.3, 0.4) is 0 Å². The minimum atomic E-state index is 0.169. The van der Waals surface area contributed by atoms with E-state index in [0.29, 0.717) is 0 Å². The molecule has 1 aromatic heterocycles. The maximum atomic E-state index is 10.8. The smallest absolute Gasteiger partial charge is 0.140 e. The first-order valence-corrected chi connectivity index (χ1v) is 5.93. The number of aromatic nitrogens is 2. The van der Waals surface area contributed by atoms with Crippen molar-refractivity contribution in [2.75, 3.05) is 0 Å². The molecular weight excluding hydrogens is 212 g/mol. The minimum absolute atomic E-state index is 0.169.